The molecular formula is C17H23N3S. The second-order valence-corrected chi connectivity index (χ2v) is 6.97. The highest BCUT2D eigenvalue weighted by Crippen LogP contribution is 2.27. The van der Waals surface area contributed by atoms with Crippen LogP contribution in [0.3, 0.4) is 0 Å². The Hall–Kier alpha value is -1.26. The van der Waals surface area contributed by atoms with E-state index in [1.54, 1.807) is 0 Å². The van der Waals surface area contributed by atoms with Crippen molar-refractivity contribution < 1.29 is 0 Å². The highest BCUT2D eigenvalue weighted by atomic mass is 32.2. The largest absolute Gasteiger partial charge is 0.333 e. The van der Waals surface area contributed by atoms with Gasteiger partial charge >= 0.3 is 0 Å². The first-order chi connectivity index (χ1) is 10.3. The second kappa shape index (κ2) is 7.14. The maximum atomic E-state index is 4.20. The monoisotopic (exact) mass is 301 g/mol. The summed E-state index contributed by atoms with van der Waals surface area (Å²) < 4.78 is 2.28. The molecular weight excluding hydrogens is 278 g/mol. The molecule has 1 fully saturated rings. The Morgan fingerprint density at radius 1 is 1.29 bits per heavy atom. The predicted molar refractivity (Wildman–Crippen MR) is 88.7 cm³/mol. The smallest absolute Gasteiger partial charge is 0.0949 e. The van der Waals surface area contributed by atoms with E-state index >= 15 is 0 Å². The van der Waals surface area contributed by atoms with Crippen LogP contribution in [0.2, 0.25) is 0 Å². The molecule has 3 nitrogen and oxygen atoms in total. The molecule has 21 heavy (non-hydrogen) atoms. The van der Waals surface area contributed by atoms with Crippen LogP contribution in [0.4, 0.5) is 0 Å². The molecule has 4 heteroatoms. The van der Waals surface area contributed by atoms with Crippen molar-refractivity contribution in [2.75, 3.05) is 25.4 Å². The van der Waals surface area contributed by atoms with Gasteiger partial charge in [-0.2, -0.15) is 0 Å². The fourth-order valence-electron chi connectivity index (χ4n) is 2.98. The molecule has 0 radical (unpaired) electrons. The van der Waals surface area contributed by atoms with Crippen molar-refractivity contribution in [1.29, 1.82) is 0 Å². The van der Waals surface area contributed by atoms with Crippen LogP contribution in [0.15, 0.2) is 53.9 Å². The summed E-state index contributed by atoms with van der Waals surface area (Å²) in [5.74, 6) is 1.90. The molecule has 1 aromatic carbocycles. The lowest BCUT2D eigenvalue weighted by atomic mass is 9.93. The molecule has 2 heterocycles. The molecule has 1 aliphatic heterocycles. The summed E-state index contributed by atoms with van der Waals surface area (Å²) in [5, 5.41) is 0. The standard InChI is InChI=1S/C17H23N3S/c1-15-7-9-19(13-17(15)20-10-8-18-14-20)11-12-21-16-5-3-2-4-6-16/h2-6,8,10,14-15,17H,7,9,11-13H2,1H3/t15-,17-/m0/s1. The number of benzene rings is 1. The van der Waals surface area contributed by atoms with Crippen LogP contribution in [0, 0.1) is 5.92 Å². The van der Waals surface area contributed by atoms with Crippen molar-refractivity contribution in [3.05, 3.63) is 49.1 Å². The Balaban J connectivity index is 1.50. The first-order valence-electron chi connectivity index (χ1n) is 7.70. The van der Waals surface area contributed by atoms with E-state index < -0.39 is 0 Å². The van der Waals surface area contributed by atoms with Crippen LogP contribution in [0.1, 0.15) is 19.4 Å². The van der Waals surface area contributed by atoms with Gasteiger partial charge in [0.25, 0.3) is 0 Å². The molecule has 0 bridgehead atoms. The van der Waals surface area contributed by atoms with Gasteiger partial charge in [-0.25, -0.2) is 4.98 Å². The van der Waals surface area contributed by atoms with Gasteiger partial charge in [0.05, 0.1) is 6.33 Å². The number of thioether (sulfide) groups is 1. The van der Waals surface area contributed by atoms with Gasteiger partial charge in [-0.05, 0) is 31.0 Å². The van der Waals surface area contributed by atoms with Gasteiger partial charge in [0, 0.05) is 42.2 Å². The summed E-state index contributed by atoms with van der Waals surface area (Å²) >= 11 is 1.95. The maximum Gasteiger partial charge on any atom is 0.0949 e. The van der Waals surface area contributed by atoms with E-state index in [2.05, 4.69) is 57.9 Å². The van der Waals surface area contributed by atoms with Gasteiger partial charge in [-0.3, -0.25) is 0 Å². The van der Waals surface area contributed by atoms with Crippen molar-refractivity contribution >= 4 is 11.8 Å². The van der Waals surface area contributed by atoms with Crippen LogP contribution >= 0.6 is 11.8 Å². The number of imidazole rings is 1. The van der Waals surface area contributed by atoms with Crippen LogP contribution in [-0.2, 0) is 0 Å². The summed E-state index contributed by atoms with van der Waals surface area (Å²) in [6.45, 7) is 5.90. The minimum atomic E-state index is 0.572. The molecule has 0 N–H and O–H groups in total. The summed E-state index contributed by atoms with van der Waals surface area (Å²) in [7, 11) is 0. The van der Waals surface area contributed by atoms with Crippen LogP contribution in [0.5, 0.6) is 0 Å². The number of nitrogens with zero attached hydrogens (tertiary/aromatic N) is 3. The van der Waals surface area contributed by atoms with Crippen molar-refractivity contribution in [2.24, 2.45) is 5.92 Å². The number of hydrogen-bond acceptors (Lipinski definition) is 3. The molecule has 1 aromatic heterocycles. The van der Waals surface area contributed by atoms with Gasteiger partial charge < -0.3 is 9.47 Å². The van der Waals surface area contributed by atoms with E-state index in [1.807, 2.05) is 24.3 Å². The molecule has 0 saturated carbocycles. The fraction of sp³-hybridized carbons (Fsp3) is 0.471. The van der Waals surface area contributed by atoms with Gasteiger partial charge in [0.1, 0.15) is 0 Å². The molecule has 3 rings (SSSR count). The zero-order valence-corrected chi connectivity index (χ0v) is 13.4. The third-order valence-electron chi connectivity index (χ3n) is 4.33. The molecule has 2 aromatic rings. The summed E-state index contributed by atoms with van der Waals surface area (Å²) in [6, 6.07) is 11.3. The van der Waals surface area contributed by atoms with Gasteiger partial charge in [0.15, 0.2) is 0 Å². The van der Waals surface area contributed by atoms with Crippen molar-refractivity contribution in [3.63, 3.8) is 0 Å². The number of likely N-dealkylation sites (tertiary alicyclic amines) is 1. The Kier molecular flexibility index (Phi) is 4.99. The molecule has 112 valence electrons. The third kappa shape index (κ3) is 3.89. The van der Waals surface area contributed by atoms with Crippen LogP contribution in [-0.4, -0.2) is 39.8 Å². The molecule has 0 aliphatic carbocycles. The SMILES string of the molecule is C[C@H]1CCN(CCSc2ccccc2)C[C@@H]1n1ccnc1. The van der Waals surface area contributed by atoms with E-state index in [-0.39, 0.29) is 0 Å². The Morgan fingerprint density at radius 3 is 2.90 bits per heavy atom. The van der Waals surface area contributed by atoms with Gasteiger partial charge in [-0.15, -0.1) is 11.8 Å². The number of rotatable bonds is 5. The average molecular weight is 301 g/mol. The summed E-state index contributed by atoms with van der Waals surface area (Å²) in [5.41, 5.74) is 0. The third-order valence-corrected chi connectivity index (χ3v) is 5.32. The topological polar surface area (TPSA) is 21.1 Å². The maximum absolute atomic E-state index is 4.20. The van der Waals surface area contributed by atoms with Crippen LogP contribution < -0.4 is 0 Å². The molecule has 0 unspecified atom stereocenters. The van der Waals surface area contributed by atoms with Crippen LogP contribution in [0.25, 0.3) is 0 Å². The zero-order valence-electron chi connectivity index (χ0n) is 12.6. The van der Waals surface area contributed by atoms with Crippen molar-refractivity contribution in [2.45, 2.75) is 24.3 Å². The van der Waals surface area contributed by atoms with Gasteiger partial charge in [-0.1, -0.05) is 25.1 Å². The normalized spacial score (nSPS) is 23.3. The Bertz CT molecular complexity index is 526. The lowest BCUT2D eigenvalue weighted by molar-refractivity contribution is 0.139. The molecule has 0 spiro atoms. The van der Waals surface area contributed by atoms with E-state index in [9.17, 15) is 0 Å². The van der Waals surface area contributed by atoms with E-state index in [1.165, 1.54) is 17.9 Å². The van der Waals surface area contributed by atoms with Crippen molar-refractivity contribution in [1.82, 2.24) is 14.5 Å². The minimum Gasteiger partial charge on any atom is -0.333 e. The quantitative estimate of drug-likeness (QED) is 0.788. The molecule has 2 atom stereocenters. The summed E-state index contributed by atoms with van der Waals surface area (Å²) in [6.07, 6.45) is 7.22. The lowest BCUT2D eigenvalue weighted by Gasteiger charge is -2.37. The second-order valence-electron chi connectivity index (χ2n) is 5.81. The van der Waals surface area contributed by atoms with E-state index in [0.717, 1.165) is 24.8 Å². The lowest BCUT2D eigenvalue weighted by Crippen LogP contribution is -2.41. The molecule has 1 saturated heterocycles. The molecule has 1 aliphatic rings. The molecule has 0 amide bonds. The highest BCUT2D eigenvalue weighted by Gasteiger charge is 2.26. The first-order valence-corrected chi connectivity index (χ1v) is 8.69. The van der Waals surface area contributed by atoms with E-state index in [4.69, 9.17) is 0 Å². The number of aromatic nitrogens is 2. The average Bonchev–Trinajstić information content (AvgIpc) is 3.04. The fourth-order valence-corrected chi connectivity index (χ4v) is 3.92. The minimum absolute atomic E-state index is 0.572. The van der Waals surface area contributed by atoms with Crippen molar-refractivity contribution in [3.8, 4) is 0 Å². The number of hydrogen-bond donors (Lipinski definition) is 0. The predicted octanol–water partition coefficient (Wildman–Crippen LogP) is 3.56. The summed E-state index contributed by atoms with van der Waals surface area (Å²) in [4.78, 5) is 8.17. The first kappa shape index (κ1) is 14.7. The Morgan fingerprint density at radius 2 is 2.14 bits per heavy atom. The van der Waals surface area contributed by atoms with E-state index in [0.29, 0.717) is 6.04 Å². The number of piperidine rings is 1. The zero-order chi connectivity index (χ0) is 14.5. The highest BCUT2D eigenvalue weighted by molar-refractivity contribution is 7.99. The van der Waals surface area contributed by atoms with Gasteiger partial charge in [0.2, 0.25) is 0 Å². The Labute approximate surface area is 131 Å².